The monoisotopic (exact) mass is 199 g/mol. The molecule has 0 radical (unpaired) electrons. The van der Waals surface area contributed by atoms with Gasteiger partial charge < -0.3 is 14.6 Å². The van der Waals surface area contributed by atoms with E-state index in [0.29, 0.717) is 5.01 Å². The molecule has 0 bridgehead atoms. The Kier molecular flexibility index (Phi) is 1.90. The van der Waals surface area contributed by atoms with E-state index in [9.17, 15) is 4.79 Å². The summed E-state index contributed by atoms with van der Waals surface area (Å²) in [5.41, 5.74) is 0.0131. The van der Waals surface area contributed by atoms with Gasteiger partial charge in [0.15, 0.2) is 10.7 Å². The number of carboxylic acids is 1. The third-order valence-corrected chi connectivity index (χ3v) is 2.27. The van der Waals surface area contributed by atoms with E-state index < -0.39 is 12.3 Å². The topological polar surface area (TPSA) is 68.7 Å². The van der Waals surface area contributed by atoms with Gasteiger partial charge >= 0.3 is 5.97 Å². The highest BCUT2D eigenvalue weighted by Gasteiger charge is 2.21. The first kappa shape index (κ1) is 8.06. The fourth-order valence-electron chi connectivity index (χ4n) is 0.849. The number of carboxylic acid groups (broad SMARTS) is 1. The molecule has 0 saturated carbocycles. The fourth-order valence-corrected chi connectivity index (χ4v) is 1.61. The summed E-state index contributed by atoms with van der Waals surface area (Å²) in [6.45, 7) is 0. The number of ether oxygens (including phenoxy) is 2. The van der Waals surface area contributed by atoms with Crippen LogP contribution in [-0.2, 0) is 9.47 Å². The molecule has 2 rings (SSSR count). The van der Waals surface area contributed by atoms with Gasteiger partial charge in [-0.3, -0.25) is 0 Å². The van der Waals surface area contributed by atoms with Crippen molar-refractivity contribution in [2.45, 2.75) is 6.29 Å². The molecule has 1 aromatic rings. The van der Waals surface area contributed by atoms with Crippen LogP contribution in [0, 0.1) is 0 Å². The van der Waals surface area contributed by atoms with Crippen molar-refractivity contribution in [3.05, 3.63) is 28.6 Å². The molecule has 0 fully saturated rings. The van der Waals surface area contributed by atoms with Crippen LogP contribution in [0.1, 0.15) is 21.8 Å². The number of nitrogens with zero attached hydrogens (tertiary/aromatic N) is 1. The molecule has 0 amide bonds. The summed E-state index contributed by atoms with van der Waals surface area (Å²) in [6.07, 6.45) is 2.21. The lowest BCUT2D eigenvalue weighted by Gasteiger charge is -2.04. The van der Waals surface area contributed by atoms with E-state index in [0.717, 1.165) is 0 Å². The Balaban J connectivity index is 2.17. The summed E-state index contributed by atoms with van der Waals surface area (Å²) >= 11 is 1.19. The molecule has 0 unspecified atom stereocenters. The van der Waals surface area contributed by atoms with Crippen molar-refractivity contribution in [3.63, 3.8) is 0 Å². The predicted molar refractivity (Wildman–Crippen MR) is 43.1 cm³/mol. The molecule has 0 saturated heterocycles. The van der Waals surface area contributed by atoms with Crippen LogP contribution in [0.15, 0.2) is 17.9 Å². The zero-order valence-electron chi connectivity index (χ0n) is 6.34. The maximum atomic E-state index is 10.5. The molecule has 0 aliphatic carbocycles. The maximum Gasteiger partial charge on any atom is 0.355 e. The van der Waals surface area contributed by atoms with Gasteiger partial charge in [-0.2, -0.15) is 0 Å². The van der Waals surface area contributed by atoms with E-state index in [4.69, 9.17) is 14.6 Å². The average Bonchev–Trinajstić information content (AvgIpc) is 2.75. The quantitative estimate of drug-likeness (QED) is 0.778. The molecule has 68 valence electrons. The van der Waals surface area contributed by atoms with Gasteiger partial charge in [0.05, 0.1) is 0 Å². The van der Waals surface area contributed by atoms with Gasteiger partial charge in [-0.1, -0.05) is 0 Å². The molecule has 0 aromatic carbocycles. The largest absolute Gasteiger partial charge is 0.476 e. The number of aromatic carboxylic acids is 1. The third kappa shape index (κ3) is 1.48. The normalized spacial score (nSPS) is 15.4. The van der Waals surface area contributed by atoms with Crippen molar-refractivity contribution in [2.24, 2.45) is 0 Å². The third-order valence-electron chi connectivity index (χ3n) is 1.40. The number of hydrogen-bond acceptors (Lipinski definition) is 5. The molecular weight excluding hydrogens is 194 g/mol. The molecule has 1 aliphatic rings. The minimum absolute atomic E-state index is 0.0131. The fraction of sp³-hybridized carbons (Fsp3) is 0.143. The lowest BCUT2D eigenvalue weighted by atomic mass is 10.5. The Morgan fingerprint density at radius 3 is 2.77 bits per heavy atom. The van der Waals surface area contributed by atoms with E-state index in [1.54, 1.807) is 0 Å². The van der Waals surface area contributed by atoms with Gasteiger partial charge in [-0.05, 0) is 0 Å². The number of carbonyl (C=O) groups is 1. The highest BCUT2D eigenvalue weighted by Crippen LogP contribution is 2.26. The Morgan fingerprint density at radius 2 is 2.23 bits per heavy atom. The van der Waals surface area contributed by atoms with E-state index in [-0.39, 0.29) is 5.69 Å². The van der Waals surface area contributed by atoms with Crippen LogP contribution in [0.2, 0.25) is 0 Å². The maximum absolute atomic E-state index is 10.5. The first-order chi connectivity index (χ1) is 6.27. The van der Waals surface area contributed by atoms with E-state index in [2.05, 4.69) is 4.98 Å². The van der Waals surface area contributed by atoms with Gasteiger partial charge in [-0.25, -0.2) is 9.78 Å². The molecule has 1 aliphatic heterocycles. The summed E-state index contributed by atoms with van der Waals surface area (Å²) in [7, 11) is 0. The smallest absolute Gasteiger partial charge is 0.355 e. The SMILES string of the molecule is O=C(O)c1csc(C2OC=CO2)n1. The van der Waals surface area contributed by atoms with Gasteiger partial charge in [0.25, 0.3) is 6.29 Å². The van der Waals surface area contributed by atoms with Crippen LogP contribution in [0.3, 0.4) is 0 Å². The molecule has 13 heavy (non-hydrogen) atoms. The minimum Gasteiger partial charge on any atom is -0.476 e. The second kappa shape index (κ2) is 3.06. The minimum atomic E-state index is -1.05. The summed E-state index contributed by atoms with van der Waals surface area (Å²) in [5.74, 6) is -1.05. The molecule has 1 aromatic heterocycles. The van der Waals surface area contributed by atoms with Gasteiger partial charge in [0.1, 0.15) is 12.5 Å². The lowest BCUT2D eigenvalue weighted by Crippen LogP contribution is -2.00. The zero-order chi connectivity index (χ0) is 9.26. The predicted octanol–water partition coefficient (Wildman–Crippen LogP) is 1.36. The van der Waals surface area contributed by atoms with Crippen molar-refractivity contribution in [1.82, 2.24) is 4.98 Å². The molecule has 0 spiro atoms. The number of thiazole rings is 1. The lowest BCUT2D eigenvalue weighted by molar-refractivity contribution is -0.0248. The number of hydrogen-bond donors (Lipinski definition) is 1. The summed E-state index contributed by atoms with van der Waals surface area (Å²) < 4.78 is 9.97. The van der Waals surface area contributed by atoms with Gasteiger partial charge in [0, 0.05) is 5.38 Å². The summed E-state index contributed by atoms with van der Waals surface area (Å²) in [5, 5.41) is 10.5. The van der Waals surface area contributed by atoms with Gasteiger partial charge in [0.2, 0.25) is 0 Å². The second-order valence-corrected chi connectivity index (χ2v) is 3.14. The Morgan fingerprint density at radius 1 is 1.54 bits per heavy atom. The van der Waals surface area contributed by atoms with Gasteiger partial charge in [-0.15, -0.1) is 11.3 Å². The van der Waals surface area contributed by atoms with Crippen molar-refractivity contribution in [2.75, 3.05) is 0 Å². The Hall–Kier alpha value is -1.56. The Labute approximate surface area is 77.2 Å². The average molecular weight is 199 g/mol. The highest BCUT2D eigenvalue weighted by molar-refractivity contribution is 7.09. The van der Waals surface area contributed by atoms with Crippen LogP contribution in [0.4, 0.5) is 0 Å². The van der Waals surface area contributed by atoms with Crippen LogP contribution in [0.5, 0.6) is 0 Å². The first-order valence-electron chi connectivity index (χ1n) is 3.42. The van der Waals surface area contributed by atoms with Crippen molar-refractivity contribution < 1.29 is 19.4 Å². The van der Waals surface area contributed by atoms with Crippen LogP contribution < -0.4 is 0 Å². The van der Waals surface area contributed by atoms with Crippen LogP contribution in [-0.4, -0.2) is 16.1 Å². The van der Waals surface area contributed by atoms with Crippen molar-refractivity contribution in [1.29, 1.82) is 0 Å². The van der Waals surface area contributed by atoms with Crippen molar-refractivity contribution in [3.8, 4) is 0 Å². The first-order valence-corrected chi connectivity index (χ1v) is 4.30. The van der Waals surface area contributed by atoms with Crippen molar-refractivity contribution >= 4 is 17.3 Å². The van der Waals surface area contributed by atoms with E-state index in [1.807, 2.05) is 0 Å². The molecule has 5 nitrogen and oxygen atoms in total. The zero-order valence-corrected chi connectivity index (χ0v) is 7.15. The second-order valence-electron chi connectivity index (χ2n) is 2.25. The number of rotatable bonds is 2. The Bertz CT molecular complexity index is 351. The standard InChI is InChI=1S/C7H5NO4S/c9-6(10)4-3-13-5(8-4)7-11-1-2-12-7/h1-3,7H,(H,9,10). The molecular formula is C7H5NO4S. The number of aromatic nitrogens is 1. The molecule has 1 N–H and O–H groups in total. The van der Waals surface area contributed by atoms with Crippen LogP contribution in [0.25, 0.3) is 0 Å². The summed E-state index contributed by atoms with van der Waals surface area (Å²) in [6, 6.07) is 0. The van der Waals surface area contributed by atoms with E-state index >= 15 is 0 Å². The van der Waals surface area contributed by atoms with Crippen LogP contribution >= 0.6 is 11.3 Å². The summed E-state index contributed by atoms with van der Waals surface area (Å²) in [4.78, 5) is 14.3. The molecule has 0 atom stereocenters. The highest BCUT2D eigenvalue weighted by atomic mass is 32.1. The van der Waals surface area contributed by atoms with E-state index in [1.165, 1.54) is 29.2 Å². The molecule has 6 heteroatoms. The molecule has 2 heterocycles.